The average Bonchev–Trinajstić information content (AvgIpc) is 2.74. The van der Waals surface area contributed by atoms with E-state index in [4.69, 9.17) is 0 Å². The number of nitrogens with one attached hydrogen (secondary N) is 2. The van der Waals surface area contributed by atoms with Gasteiger partial charge in [0.15, 0.2) is 0 Å². The number of anilines is 1. The highest BCUT2D eigenvalue weighted by Crippen LogP contribution is 2.36. The molecule has 11 heteroatoms. The predicted octanol–water partition coefficient (Wildman–Crippen LogP) is 4.53. The molecule has 0 spiro atoms. The van der Waals surface area contributed by atoms with E-state index in [1.807, 2.05) is 0 Å². The number of halogens is 3. The molecule has 2 amide bonds. The van der Waals surface area contributed by atoms with Gasteiger partial charge in [-0.25, -0.2) is 4.98 Å². The molecule has 34 heavy (non-hydrogen) atoms. The monoisotopic (exact) mass is 488 g/mol. The lowest BCUT2D eigenvalue weighted by molar-refractivity contribution is -0.124. The number of carbonyl (C=O) groups excluding carboxylic acids is 2. The minimum atomic E-state index is -4.43. The van der Waals surface area contributed by atoms with Crippen molar-refractivity contribution in [3.8, 4) is 0 Å². The zero-order valence-corrected chi connectivity index (χ0v) is 18.7. The van der Waals surface area contributed by atoms with Crippen molar-refractivity contribution in [3.63, 3.8) is 0 Å². The lowest BCUT2D eigenvalue weighted by atomic mass is 10.0. The first-order valence-corrected chi connectivity index (χ1v) is 11.0. The first-order chi connectivity index (χ1) is 16.0. The number of hydrogen-bond donors (Lipinski definition) is 2. The van der Waals surface area contributed by atoms with Crippen molar-refractivity contribution in [3.05, 3.63) is 76.5 Å². The van der Waals surface area contributed by atoms with Crippen LogP contribution in [-0.4, -0.2) is 26.9 Å². The largest absolute Gasteiger partial charge is 0.446 e. The Morgan fingerprint density at radius 2 is 1.91 bits per heavy atom. The summed E-state index contributed by atoms with van der Waals surface area (Å²) < 4.78 is 38.9. The van der Waals surface area contributed by atoms with Crippen molar-refractivity contribution in [1.82, 2.24) is 14.9 Å². The van der Waals surface area contributed by atoms with Crippen molar-refractivity contribution >= 4 is 40.2 Å². The Kier molecular flexibility index (Phi) is 6.22. The number of aromatic nitrogens is 2. The van der Waals surface area contributed by atoms with Crippen molar-refractivity contribution in [2.45, 2.75) is 36.2 Å². The molecule has 1 atom stereocenters. The first-order valence-electron chi connectivity index (χ1n) is 10.2. The number of amides is 2. The Morgan fingerprint density at radius 1 is 1.21 bits per heavy atom. The molecule has 7 nitrogen and oxygen atoms in total. The Labute approximate surface area is 196 Å². The van der Waals surface area contributed by atoms with E-state index < -0.39 is 23.0 Å². The molecule has 176 valence electrons. The van der Waals surface area contributed by atoms with Crippen LogP contribution in [-0.2, 0) is 4.79 Å². The van der Waals surface area contributed by atoms with Gasteiger partial charge in [0.05, 0.1) is 16.6 Å². The first kappa shape index (κ1) is 23.6. The number of benzene rings is 2. The number of alkyl halides is 3. The Morgan fingerprint density at radius 3 is 2.56 bits per heavy atom. The van der Waals surface area contributed by atoms with Gasteiger partial charge in [0.25, 0.3) is 11.5 Å². The lowest BCUT2D eigenvalue weighted by Crippen LogP contribution is -2.41. The average molecular weight is 488 g/mol. The summed E-state index contributed by atoms with van der Waals surface area (Å²) in [5, 5.41) is 5.42. The second-order valence-corrected chi connectivity index (χ2v) is 8.85. The molecule has 1 unspecified atom stereocenters. The van der Waals surface area contributed by atoms with Gasteiger partial charge in [-0.2, -0.15) is 13.2 Å². The predicted molar refractivity (Wildman–Crippen MR) is 123 cm³/mol. The van der Waals surface area contributed by atoms with Gasteiger partial charge in [-0.1, -0.05) is 12.6 Å². The third-order valence-corrected chi connectivity index (χ3v) is 6.08. The molecule has 2 heterocycles. The van der Waals surface area contributed by atoms with Crippen LogP contribution in [0.15, 0.2) is 64.4 Å². The fourth-order valence-electron chi connectivity index (χ4n) is 3.84. The summed E-state index contributed by atoms with van der Waals surface area (Å²) >= 11 is -0.276. The summed E-state index contributed by atoms with van der Waals surface area (Å²) in [6, 6.07) is 8.94. The Hall–Kier alpha value is -3.60. The minimum absolute atomic E-state index is 0.0507. The topological polar surface area (TPSA) is 93.1 Å². The van der Waals surface area contributed by atoms with Crippen LogP contribution in [0.1, 0.15) is 35.1 Å². The molecule has 1 aromatic heterocycles. The van der Waals surface area contributed by atoms with Crippen molar-refractivity contribution in [1.29, 1.82) is 0 Å². The van der Waals surface area contributed by atoms with Crippen LogP contribution in [0.2, 0.25) is 0 Å². The number of fused-ring (bicyclic) bond motifs is 1. The van der Waals surface area contributed by atoms with E-state index in [0.29, 0.717) is 29.9 Å². The minimum Gasteiger partial charge on any atom is -0.329 e. The number of aryl methyl sites for hydroxylation is 1. The molecule has 0 saturated carbocycles. The van der Waals surface area contributed by atoms with Gasteiger partial charge in [-0.3, -0.25) is 19.0 Å². The number of rotatable bonds is 4. The Balaban J connectivity index is 1.68. The summed E-state index contributed by atoms with van der Waals surface area (Å²) in [5.41, 5.74) is -3.69. The SMILES string of the molecule is C=C1CCC(n2c(C)nc3cccc(NC(=O)c4ccc(SC(F)(F)F)cc4)c3c2=O)C(=O)N1. The summed E-state index contributed by atoms with van der Waals surface area (Å²) in [7, 11) is 0. The van der Waals surface area contributed by atoms with Gasteiger partial charge in [-0.05, 0) is 67.9 Å². The summed E-state index contributed by atoms with van der Waals surface area (Å²) in [4.78, 5) is 43.1. The number of piperidine rings is 1. The zero-order valence-electron chi connectivity index (χ0n) is 17.9. The lowest BCUT2D eigenvalue weighted by Gasteiger charge is -2.26. The highest BCUT2D eigenvalue weighted by Gasteiger charge is 2.30. The normalized spacial score (nSPS) is 16.4. The van der Waals surface area contributed by atoms with E-state index in [2.05, 4.69) is 22.2 Å². The van der Waals surface area contributed by atoms with Gasteiger partial charge in [0.2, 0.25) is 5.91 Å². The number of hydrogen-bond acceptors (Lipinski definition) is 5. The number of nitrogens with zero attached hydrogens (tertiary/aromatic N) is 2. The molecule has 1 fully saturated rings. The van der Waals surface area contributed by atoms with E-state index in [1.54, 1.807) is 19.1 Å². The van der Waals surface area contributed by atoms with Gasteiger partial charge >= 0.3 is 5.51 Å². The fraction of sp³-hybridized carbons (Fsp3) is 0.217. The molecule has 1 aliphatic heterocycles. The third kappa shape index (κ3) is 4.84. The van der Waals surface area contributed by atoms with E-state index in [1.165, 1.54) is 34.9 Å². The molecule has 3 aromatic rings. The van der Waals surface area contributed by atoms with Crippen molar-refractivity contribution in [2.75, 3.05) is 5.32 Å². The summed E-state index contributed by atoms with van der Waals surface area (Å²) in [6.07, 6.45) is 0.900. The third-order valence-electron chi connectivity index (χ3n) is 5.34. The summed E-state index contributed by atoms with van der Waals surface area (Å²) in [6.45, 7) is 5.37. The molecular weight excluding hydrogens is 469 g/mol. The molecule has 2 N–H and O–H groups in total. The number of thioether (sulfide) groups is 1. The number of carbonyl (C=O) groups is 2. The fourth-order valence-corrected chi connectivity index (χ4v) is 4.38. The zero-order chi connectivity index (χ0) is 24.6. The molecule has 0 radical (unpaired) electrons. The highest BCUT2D eigenvalue weighted by molar-refractivity contribution is 8.00. The van der Waals surface area contributed by atoms with Crippen LogP contribution < -0.4 is 16.2 Å². The maximum Gasteiger partial charge on any atom is 0.446 e. The molecule has 4 rings (SSSR count). The van der Waals surface area contributed by atoms with Crippen LogP contribution in [0.5, 0.6) is 0 Å². The second kappa shape index (κ2) is 8.98. The van der Waals surface area contributed by atoms with Crippen LogP contribution in [0.25, 0.3) is 10.9 Å². The molecule has 2 aromatic carbocycles. The van der Waals surface area contributed by atoms with Gasteiger partial charge < -0.3 is 10.6 Å². The quantitative estimate of drug-likeness (QED) is 0.527. The molecule has 0 aliphatic carbocycles. The van der Waals surface area contributed by atoms with Gasteiger partial charge in [-0.15, -0.1) is 0 Å². The van der Waals surface area contributed by atoms with Crippen LogP contribution in [0, 0.1) is 6.92 Å². The van der Waals surface area contributed by atoms with Gasteiger partial charge in [0, 0.05) is 16.2 Å². The van der Waals surface area contributed by atoms with Gasteiger partial charge in [0.1, 0.15) is 11.9 Å². The highest BCUT2D eigenvalue weighted by atomic mass is 32.2. The van der Waals surface area contributed by atoms with E-state index in [-0.39, 0.29) is 39.2 Å². The summed E-state index contributed by atoms with van der Waals surface area (Å²) in [5.74, 6) is -0.610. The molecule has 1 saturated heterocycles. The van der Waals surface area contributed by atoms with Crippen LogP contribution in [0.4, 0.5) is 18.9 Å². The van der Waals surface area contributed by atoms with E-state index in [9.17, 15) is 27.6 Å². The van der Waals surface area contributed by atoms with Crippen molar-refractivity contribution in [2.24, 2.45) is 0 Å². The maximum absolute atomic E-state index is 13.5. The van der Waals surface area contributed by atoms with Crippen molar-refractivity contribution < 1.29 is 22.8 Å². The van der Waals surface area contributed by atoms with E-state index >= 15 is 0 Å². The molecule has 0 bridgehead atoms. The Bertz CT molecular complexity index is 1370. The molecular formula is C23H19F3N4O3S. The number of allylic oxidation sites excluding steroid dienone is 1. The van der Waals surface area contributed by atoms with Crippen LogP contribution >= 0.6 is 11.8 Å². The maximum atomic E-state index is 13.5. The smallest absolute Gasteiger partial charge is 0.329 e. The van der Waals surface area contributed by atoms with E-state index in [0.717, 1.165) is 0 Å². The second-order valence-electron chi connectivity index (χ2n) is 7.71. The molecule has 1 aliphatic rings. The standard InChI is InChI=1S/C23H19F3N4O3S/c1-12-6-11-18(21(32)27-12)30-13(2)28-16-4-3-5-17(19(16)22(30)33)29-20(31)14-7-9-15(10-8-14)34-23(24,25)26/h3-5,7-10,18H,1,6,11H2,2H3,(H,27,32)(H,29,31). The van der Waals surface area contributed by atoms with Crippen LogP contribution in [0.3, 0.4) is 0 Å².